The van der Waals surface area contributed by atoms with Gasteiger partial charge in [-0.3, -0.25) is 14.6 Å². The van der Waals surface area contributed by atoms with Crippen LogP contribution in [0.25, 0.3) is 11.4 Å². The Bertz CT molecular complexity index is 994. The Morgan fingerprint density at radius 1 is 1.16 bits per heavy atom. The van der Waals surface area contributed by atoms with Crippen LogP contribution in [0.5, 0.6) is 0 Å². The van der Waals surface area contributed by atoms with Crippen LogP contribution >= 0.6 is 0 Å². The fraction of sp³-hybridized carbons (Fsp3) is 0.105. The Labute approximate surface area is 143 Å². The van der Waals surface area contributed by atoms with Crippen LogP contribution < -0.4 is 11.3 Å². The average Bonchev–Trinajstić information content (AvgIpc) is 2.58. The summed E-state index contributed by atoms with van der Waals surface area (Å²) in [7, 11) is 1.56. The van der Waals surface area contributed by atoms with Crippen molar-refractivity contribution in [3.05, 3.63) is 87.6 Å². The number of amides is 1. The summed E-state index contributed by atoms with van der Waals surface area (Å²) in [6, 6.07) is 12.6. The molecule has 0 spiro atoms. The minimum atomic E-state index is -0.628. The second-order valence-electron chi connectivity index (χ2n) is 5.72. The Kier molecular flexibility index (Phi) is 4.43. The summed E-state index contributed by atoms with van der Waals surface area (Å²) < 4.78 is 14.6. The van der Waals surface area contributed by atoms with Crippen LogP contribution in [0, 0.1) is 5.82 Å². The van der Waals surface area contributed by atoms with Gasteiger partial charge in [0.1, 0.15) is 5.82 Å². The zero-order valence-corrected chi connectivity index (χ0v) is 13.6. The molecular weight excluding hydrogens is 321 g/mol. The molecule has 3 aromatic rings. The van der Waals surface area contributed by atoms with E-state index in [4.69, 9.17) is 5.73 Å². The first-order chi connectivity index (χ1) is 12.0. The van der Waals surface area contributed by atoms with Crippen molar-refractivity contribution in [2.24, 2.45) is 12.8 Å². The third-order valence-electron chi connectivity index (χ3n) is 3.94. The molecule has 5 nitrogen and oxygen atoms in total. The highest BCUT2D eigenvalue weighted by Gasteiger charge is 2.15. The number of hydrogen-bond donors (Lipinski definition) is 1. The zero-order chi connectivity index (χ0) is 18.0. The first kappa shape index (κ1) is 16.6. The van der Waals surface area contributed by atoms with Crippen LogP contribution in [-0.4, -0.2) is 15.5 Å². The van der Waals surface area contributed by atoms with Crippen molar-refractivity contribution in [1.82, 2.24) is 9.55 Å². The molecule has 6 heteroatoms. The van der Waals surface area contributed by atoms with Gasteiger partial charge in [-0.15, -0.1) is 0 Å². The van der Waals surface area contributed by atoms with Gasteiger partial charge in [0, 0.05) is 19.3 Å². The second-order valence-corrected chi connectivity index (χ2v) is 5.72. The first-order valence-electron chi connectivity index (χ1n) is 7.65. The maximum Gasteiger partial charge on any atom is 0.250 e. The molecule has 0 aliphatic rings. The van der Waals surface area contributed by atoms with Gasteiger partial charge < -0.3 is 10.3 Å². The van der Waals surface area contributed by atoms with Gasteiger partial charge in [-0.1, -0.05) is 18.2 Å². The maximum absolute atomic E-state index is 13.3. The SMILES string of the molecule is Cn1c(-c2ccc(Cc3cccc(F)c3)cn2)c(C(N)=O)ccc1=O. The lowest BCUT2D eigenvalue weighted by Crippen LogP contribution is -2.23. The Morgan fingerprint density at radius 2 is 1.96 bits per heavy atom. The summed E-state index contributed by atoms with van der Waals surface area (Å²) in [5, 5.41) is 0. The standard InChI is InChI=1S/C19H16FN3O2/c1-23-17(24)8-6-15(19(21)25)18(23)16-7-5-13(11-22-16)9-12-3-2-4-14(20)10-12/h2-8,10-11H,9H2,1H3,(H2,21,25). The quantitative estimate of drug-likeness (QED) is 0.793. The molecule has 0 saturated carbocycles. The fourth-order valence-electron chi connectivity index (χ4n) is 2.70. The van der Waals surface area contributed by atoms with E-state index in [-0.39, 0.29) is 16.9 Å². The molecule has 0 radical (unpaired) electrons. The van der Waals surface area contributed by atoms with Gasteiger partial charge in [0.05, 0.1) is 17.0 Å². The van der Waals surface area contributed by atoms with Crippen molar-refractivity contribution < 1.29 is 9.18 Å². The Balaban J connectivity index is 1.97. The number of carbonyl (C=O) groups is 1. The molecule has 2 heterocycles. The molecule has 0 aliphatic carbocycles. The molecule has 1 aromatic carbocycles. The number of nitrogens with zero attached hydrogens (tertiary/aromatic N) is 2. The van der Waals surface area contributed by atoms with Crippen LogP contribution in [-0.2, 0) is 13.5 Å². The summed E-state index contributed by atoms with van der Waals surface area (Å²) in [5.41, 5.74) is 7.93. The number of carbonyl (C=O) groups excluding carboxylic acids is 1. The highest BCUT2D eigenvalue weighted by Crippen LogP contribution is 2.20. The van der Waals surface area contributed by atoms with Crippen LogP contribution in [0.3, 0.4) is 0 Å². The van der Waals surface area contributed by atoms with E-state index in [1.807, 2.05) is 12.1 Å². The number of nitrogens with two attached hydrogens (primary N) is 1. The third kappa shape index (κ3) is 3.47. The molecule has 2 aromatic heterocycles. The fourth-order valence-corrected chi connectivity index (χ4v) is 2.70. The van der Waals surface area contributed by atoms with Crippen molar-refractivity contribution >= 4 is 5.91 Å². The van der Waals surface area contributed by atoms with Gasteiger partial charge in [0.15, 0.2) is 0 Å². The summed E-state index contributed by atoms with van der Waals surface area (Å²) in [5.74, 6) is -0.913. The highest BCUT2D eigenvalue weighted by molar-refractivity contribution is 5.98. The zero-order valence-electron chi connectivity index (χ0n) is 13.6. The minimum Gasteiger partial charge on any atom is -0.366 e. The van der Waals surface area contributed by atoms with Crippen molar-refractivity contribution in [3.63, 3.8) is 0 Å². The van der Waals surface area contributed by atoms with Crippen molar-refractivity contribution in [2.45, 2.75) is 6.42 Å². The number of halogens is 1. The van der Waals surface area contributed by atoms with E-state index in [1.54, 1.807) is 25.4 Å². The van der Waals surface area contributed by atoms with Gasteiger partial charge >= 0.3 is 0 Å². The smallest absolute Gasteiger partial charge is 0.250 e. The van der Waals surface area contributed by atoms with Crippen LogP contribution in [0.2, 0.25) is 0 Å². The molecule has 0 bridgehead atoms. The molecule has 25 heavy (non-hydrogen) atoms. The summed E-state index contributed by atoms with van der Waals surface area (Å²) in [6.07, 6.45) is 2.17. The van der Waals surface area contributed by atoms with Crippen molar-refractivity contribution in [3.8, 4) is 11.4 Å². The monoisotopic (exact) mass is 337 g/mol. The van der Waals surface area contributed by atoms with E-state index >= 15 is 0 Å². The number of aromatic nitrogens is 2. The molecular formula is C19H16FN3O2. The van der Waals surface area contributed by atoms with E-state index in [2.05, 4.69) is 4.98 Å². The van der Waals surface area contributed by atoms with Crippen molar-refractivity contribution in [1.29, 1.82) is 0 Å². The predicted octanol–water partition coefficient (Wildman–Crippen LogP) is 2.28. The van der Waals surface area contributed by atoms with E-state index < -0.39 is 5.91 Å². The van der Waals surface area contributed by atoms with Gasteiger partial charge in [0.2, 0.25) is 0 Å². The highest BCUT2D eigenvalue weighted by atomic mass is 19.1. The molecule has 0 atom stereocenters. The lowest BCUT2D eigenvalue weighted by atomic mass is 10.0. The Morgan fingerprint density at radius 3 is 2.60 bits per heavy atom. The van der Waals surface area contributed by atoms with Crippen LogP contribution in [0.15, 0.2) is 59.5 Å². The van der Waals surface area contributed by atoms with Crippen LogP contribution in [0.4, 0.5) is 4.39 Å². The molecule has 126 valence electrons. The largest absolute Gasteiger partial charge is 0.366 e. The maximum atomic E-state index is 13.3. The predicted molar refractivity (Wildman–Crippen MR) is 92.6 cm³/mol. The minimum absolute atomic E-state index is 0.229. The average molecular weight is 337 g/mol. The first-order valence-corrected chi connectivity index (χ1v) is 7.65. The summed E-state index contributed by atoms with van der Waals surface area (Å²) >= 11 is 0. The lowest BCUT2D eigenvalue weighted by molar-refractivity contribution is 0.1000. The topological polar surface area (TPSA) is 78.0 Å². The Hall–Kier alpha value is -3.28. The molecule has 3 rings (SSSR count). The van der Waals surface area contributed by atoms with Crippen LogP contribution in [0.1, 0.15) is 21.5 Å². The molecule has 0 fully saturated rings. The number of pyridine rings is 2. The van der Waals surface area contributed by atoms with Crippen molar-refractivity contribution in [2.75, 3.05) is 0 Å². The summed E-state index contributed by atoms with van der Waals surface area (Å²) in [4.78, 5) is 27.9. The molecule has 0 unspecified atom stereocenters. The second kappa shape index (κ2) is 6.68. The molecule has 0 aliphatic heterocycles. The van der Waals surface area contributed by atoms with E-state index in [0.717, 1.165) is 11.1 Å². The van der Waals surface area contributed by atoms with E-state index in [0.29, 0.717) is 17.8 Å². The van der Waals surface area contributed by atoms with Gasteiger partial charge in [-0.25, -0.2) is 4.39 Å². The molecule has 0 saturated heterocycles. The lowest BCUT2D eigenvalue weighted by Gasteiger charge is -2.12. The number of primary amides is 1. The third-order valence-corrected chi connectivity index (χ3v) is 3.94. The molecule has 2 N–H and O–H groups in total. The van der Waals surface area contributed by atoms with E-state index in [9.17, 15) is 14.0 Å². The van der Waals surface area contributed by atoms with Gasteiger partial charge in [0.25, 0.3) is 11.5 Å². The van der Waals surface area contributed by atoms with E-state index in [1.165, 1.54) is 28.8 Å². The summed E-state index contributed by atoms with van der Waals surface area (Å²) in [6.45, 7) is 0. The number of benzene rings is 1. The van der Waals surface area contributed by atoms with Gasteiger partial charge in [-0.05, 0) is 41.8 Å². The number of hydrogen-bond acceptors (Lipinski definition) is 3. The normalized spacial score (nSPS) is 10.6. The number of rotatable bonds is 4. The molecule has 1 amide bonds. The van der Waals surface area contributed by atoms with Gasteiger partial charge in [-0.2, -0.15) is 0 Å².